The normalized spacial score (nSPS) is 18.5. The smallest absolute Gasteiger partial charge is 0.508 e. The Morgan fingerprint density at radius 2 is 1.86 bits per heavy atom. The maximum absolute atomic E-state index is 13.7. The number of fused-ring (bicyclic) bond motifs is 7. The minimum Gasteiger partial charge on any atom is -0.508 e. The second-order valence-electron chi connectivity index (χ2n) is 10.2. The topological polar surface area (TPSA) is 99.4 Å². The lowest BCUT2D eigenvalue weighted by Gasteiger charge is -2.26. The fourth-order valence-corrected chi connectivity index (χ4v) is 4.64. The van der Waals surface area contributed by atoms with Gasteiger partial charge in [-0.3, -0.25) is 14.5 Å². The molecule has 1 aliphatic carbocycles. The van der Waals surface area contributed by atoms with Crippen LogP contribution in [0.25, 0.3) is 10.8 Å². The molecule has 2 heterocycles. The Kier molecular flexibility index (Phi) is 5.48. The van der Waals surface area contributed by atoms with Gasteiger partial charge in [0.25, 0.3) is 17.5 Å². The summed E-state index contributed by atoms with van der Waals surface area (Å²) in [6.07, 6.45) is 5.81. The van der Waals surface area contributed by atoms with Gasteiger partial charge in [0.2, 0.25) is 17.6 Å². The first kappa shape index (κ1) is 23.7. The van der Waals surface area contributed by atoms with E-state index in [-0.39, 0.29) is 29.2 Å². The van der Waals surface area contributed by atoms with E-state index >= 15 is 0 Å². The lowest BCUT2D eigenvalue weighted by atomic mass is 9.94. The number of nitrogens with zero attached hydrogens (tertiary/aromatic N) is 3. The Bertz CT molecular complexity index is 1430. The summed E-state index contributed by atoms with van der Waals surface area (Å²) in [4.78, 5) is 43.8. The molecule has 2 aromatic carbocycles. The maximum atomic E-state index is 13.7. The Labute approximate surface area is 208 Å². The molecule has 2 aliphatic heterocycles. The molecule has 3 aliphatic rings. The molecule has 0 aromatic heterocycles. The van der Waals surface area contributed by atoms with E-state index in [1.54, 1.807) is 51.1 Å². The van der Waals surface area contributed by atoms with Gasteiger partial charge in [-0.05, 0) is 59.1 Å². The fourth-order valence-electron chi connectivity index (χ4n) is 4.64. The van der Waals surface area contributed by atoms with Crippen molar-refractivity contribution in [3.05, 3.63) is 53.6 Å². The Morgan fingerprint density at radius 1 is 1.14 bits per heavy atom. The molecule has 5 rings (SSSR count). The van der Waals surface area contributed by atoms with Gasteiger partial charge in [0, 0.05) is 24.6 Å². The SMILES string of the molecule is CN(C)CCN1C(=O)c2c3c(c4ccc(O)cc4c2C1=O)[N+](C(=O)OC(C)(C)C)=C1C=CC=CC1O3. The van der Waals surface area contributed by atoms with Crippen LogP contribution >= 0.6 is 0 Å². The Morgan fingerprint density at radius 3 is 2.56 bits per heavy atom. The van der Waals surface area contributed by atoms with Crippen molar-refractivity contribution in [1.82, 2.24) is 9.80 Å². The van der Waals surface area contributed by atoms with Crippen LogP contribution in [0.4, 0.5) is 10.5 Å². The van der Waals surface area contributed by atoms with Gasteiger partial charge in [0.1, 0.15) is 16.9 Å². The first-order chi connectivity index (χ1) is 17.0. The lowest BCUT2D eigenvalue weighted by Crippen LogP contribution is -2.41. The number of likely N-dealkylation sites (N-methyl/N-ethyl adjacent to an activating group) is 1. The lowest BCUT2D eigenvalue weighted by molar-refractivity contribution is -0.369. The minimum atomic E-state index is -0.778. The molecule has 186 valence electrons. The molecule has 3 amide bonds. The number of hydrogen-bond acceptors (Lipinski definition) is 7. The predicted molar refractivity (Wildman–Crippen MR) is 133 cm³/mol. The zero-order chi connectivity index (χ0) is 25.9. The summed E-state index contributed by atoms with van der Waals surface area (Å²) in [5, 5.41) is 11.1. The summed E-state index contributed by atoms with van der Waals surface area (Å²) in [5.74, 6) is -0.880. The number of benzene rings is 2. The van der Waals surface area contributed by atoms with Gasteiger partial charge in [-0.1, -0.05) is 16.7 Å². The second kappa shape index (κ2) is 8.30. The molecule has 1 unspecified atom stereocenters. The van der Waals surface area contributed by atoms with Crippen molar-refractivity contribution >= 4 is 40.1 Å². The van der Waals surface area contributed by atoms with Gasteiger partial charge >= 0.3 is 6.09 Å². The van der Waals surface area contributed by atoms with Crippen molar-refractivity contribution in [1.29, 1.82) is 0 Å². The third kappa shape index (κ3) is 3.76. The Balaban J connectivity index is 1.83. The van der Waals surface area contributed by atoms with E-state index in [9.17, 15) is 19.5 Å². The number of amides is 3. The highest BCUT2D eigenvalue weighted by Crippen LogP contribution is 2.48. The van der Waals surface area contributed by atoms with Crippen LogP contribution in [-0.4, -0.2) is 82.0 Å². The van der Waals surface area contributed by atoms with Crippen molar-refractivity contribution in [3.8, 4) is 11.5 Å². The van der Waals surface area contributed by atoms with E-state index in [0.717, 1.165) is 0 Å². The summed E-state index contributed by atoms with van der Waals surface area (Å²) in [6, 6.07) is 4.53. The molecule has 1 N–H and O–H groups in total. The van der Waals surface area contributed by atoms with Crippen molar-refractivity contribution in [3.63, 3.8) is 0 Å². The van der Waals surface area contributed by atoms with Gasteiger partial charge < -0.3 is 19.5 Å². The third-order valence-electron chi connectivity index (χ3n) is 6.17. The number of carbonyl (C=O) groups excluding carboxylic acids is 3. The number of allylic oxidation sites excluding steroid dienone is 2. The summed E-state index contributed by atoms with van der Waals surface area (Å²) in [7, 11) is 3.71. The van der Waals surface area contributed by atoms with Crippen LogP contribution in [0.5, 0.6) is 11.5 Å². The monoisotopic (exact) mass is 490 g/mol. The average molecular weight is 491 g/mol. The second-order valence-corrected chi connectivity index (χ2v) is 10.2. The van der Waals surface area contributed by atoms with Crippen LogP contribution in [0.15, 0.2) is 42.5 Å². The van der Waals surface area contributed by atoms with E-state index < -0.39 is 29.6 Å². The quantitative estimate of drug-likeness (QED) is 0.518. The molecule has 0 spiro atoms. The highest BCUT2D eigenvalue weighted by Gasteiger charge is 2.49. The molecule has 9 heteroatoms. The highest BCUT2D eigenvalue weighted by molar-refractivity contribution is 6.29. The zero-order valence-corrected chi connectivity index (χ0v) is 20.9. The van der Waals surface area contributed by atoms with Crippen LogP contribution in [0.2, 0.25) is 0 Å². The van der Waals surface area contributed by atoms with Crippen LogP contribution in [0.1, 0.15) is 41.5 Å². The number of carbonyl (C=O) groups is 3. The van der Waals surface area contributed by atoms with Gasteiger partial charge in [0.15, 0.2) is 0 Å². The van der Waals surface area contributed by atoms with Gasteiger partial charge in [-0.15, -0.1) is 0 Å². The van der Waals surface area contributed by atoms with Crippen molar-refractivity contribution in [2.45, 2.75) is 32.5 Å². The number of rotatable bonds is 3. The van der Waals surface area contributed by atoms with Gasteiger partial charge in [-0.25, -0.2) is 0 Å². The molecule has 36 heavy (non-hydrogen) atoms. The molecule has 0 saturated heterocycles. The van der Waals surface area contributed by atoms with Crippen molar-refractivity contribution in [2.75, 3.05) is 27.2 Å². The van der Waals surface area contributed by atoms with Crippen LogP contribution in [-0.2, 0) is 4.74 Å². The summed E-state index contributed by atoms with van der Waals surface area (Å²) in [6.45, 7) is 5.99. The van der Waals surface area contributed by atoms with Crippen LogP contribution in [0.3, 0.4) is 0 Å². The summed E-state index contributed by atoms with van der Waals surface area (Å²) in [5.41, 5.74) is 0.294. The summed E-state index contributed by atoms with van der Waals surface area (Å²) < 4.78 is 13.5. The predicted octanol–water partition coefficient (Wildman–Crippen LogP) is 3.61. The first-order valence-electron chi connectivity index (χ1n) is 11.7. The number of hydrogen-bond donors (Lipinski definition) is 1. The minimum absolute atomic E-state index is 0.0665. The molecule has 0 bridgehead atoms. The van der Waals surface area contributed by atoms with Crippen molar-refractivity contribution in [2.24, 2.45) is 0 Å². The van der Waals surface area contributed by atoms with Crippen LogP contribution in [0, 0.1) is 0 Å². The number of phenols is 1. The number of aromatic hydroxyl groups is 1. The molecule has 9 nitrogen and oxygen atoms in total. The van der Waals surface area contributed by atoms with Gasteiger partial charge in [-0.2, -0.15) is 4.79 Å². The van der Waals surface area contributed by atoms with E-state index in [1.165, 1.54) is 21.6 Å². The van der Waals surface area contributed by atoms with Gasteiger partial charge in [0.05, 0.1) is 10.9 Å². The van der Waals surface area contributed by atoms with E-state index in [2.05, 4.69) is 0 Å². The van der Waals surface area contributed by atoms with E-state index in [1.807, 2.05) is 19.0 Å². The Hall–Kier alpha value is -3.98. The standard InChI is InChI=1S/C27H27N3O6/c1-27(2,3)36-26(34)30-18-8-6-7-9-19(18)35-23-21-20(17-14-15(31)10-11-16(17)22(23)30)24(32)29(25(21)33)13-12-28(4)5/h6-11,14,19H,12-13H2,1-5H3/p+1. The molecular formula is C27H28N3O6+. The first-order valence-corrected chi connectivity index (χ1v) is 11.7. The average Bonchev–Trinajstić information content (AvgIpc) is 3.05. The molecule has 0 radical (unpaired) electrons. The number of phenolic OH excluding ortho intramolecular Hbond substituents is 1. The largest absolute Gasteiger partial charge is 0.603 e. The van der Waals surface area contributed by atoms with Crippen LogP contribution < -0.4 is 4.74 Å². The maximum Gasteiger partial charge on any atom is 0.603 e. The number of imide groups is 1. The van der Waals surface area contributed by atoms with Crippen molar-refractivity contribution < 1.29 is 33.5 Å². The number of ether oxygens (including phenoxy) is 2. The third-order valence-corrected chi connectivity index (χ3v) is 6.17. The van der Waals surface area contributed by atoms with E-state index in [0.29, 0.717) is 28.7 Å². The molecule has 0 saturated carbocycles. The fraction of sp³-hybridized carbons (Fsp3) is 0.333. The highest BCUT2D eigenvalue weighted by atomic mass is 16.6. The molecule has 1 atom stereocenters. The zero-order valence-electron chi connectivity index (χ0n) is 20.9. The van der Waals surface area contributed by atoms with E-state index in [4.69, 9.17) is 9.47 Å². The summed E-state index contributed by atoms with van der Waals surface area (Å²) >= 11 is 0. The molecule has 2 aromatic rings. The molecule has 0 fully saturated rings. The molecular weight excluding hydrogens is 462 g/mol.